The van der Waals surface area contributed by atoms with Gasteiger partial charge in [0.1, 0.15) is 36.3 Å². The molecule has 1 aromatic heterocycles. The number of quaternary nitrogens is 1. The highest BCUT2D eigenvalue weighted by Gasteiger charge is 2.80. The number of nitrogens with one attached hydrogen (secondary N) is 2. The monoisotopic (exact) mass is 1130 g/mol. The van der Waals surface area contributed by atoms with Crippen LogP contribution in [0.15, 0.2) is 60.2 Å². The van der Waals surface area contributed by atoms with E-state index in [0.717, 1.165) is 27.6 Å². The van der Waals surface area contributed by atoms with Crippen molar-refractivity contribution in [2.45, 2.75) is 133 Å². The van der Waals surface area contributed by atoms with Crippen molar-refractivity contribution in [1.29, 1.82) is 0 Å². The zero-order chi connectivity index (χ0) is 54.4. The normalized spacial score (nSPS) is 32.4. The molecule has 3 aromatic rings. The summed E-state index contributed by atoms with van der Waals surface area (Å²) in [5.41, 5.74) is -0.572. The largest absolute Gasteiger partial charge is 1.00 e. The third-order valence-electron chi connectivity index (χ3n) is 19.2. The molecule has 1 aliphatic carbocycles. The number of aromatic nitrogens is 1. The average molecular weight is 1130 g/mol. The van der Waals surface area contributed by atoms with Crippen molar-refractivity contribution in [2.24, 2.45) is 17.3 Å². The number of likely N-dealkylation sites (tertiary alicyclic amines) is 1. The fraction of sp³-hybridized carbons (Fsp3) is 0.586. The molecule has 7 aliphatic rings. The Hall–Kier alpha value is -5.76. The van der Waals surface area contributed by atoms with E-state index in [9.17, 15) is 29.4 Å². The number of methoxy groups -OCH3 is 3. The van der Waals surface area contributed by atoms with Crippen LogP contribution in [0.1, 0.15) is 102 Å². The van der Waals surface area contributed by atoms with E-state index in [4.69, 9.17) is 18.9 Å². The molecule has 0 unspecified atom stereocenters. The van der Waals surface area contributed by atoms with Gasteiger partial charge in [0.15, 0.2) is 12.6 Å². The van der Waals surface area contributed by atoms with Crippen LogP contribution in [0.2, 0.25) is 0 Å². The summed E-state index contributed by atoms with van der Waals surface area (Å²) in [6.07, 6.45) is 8.40. The number of hydrogen-bond donors (Lipinski definition) is 4. The zero-order valence-corrected chi connectivity index (χ0v) is 47.4. The number of nitrogens with zero attached hydrogens (tertiary/aromatic N) is 4. The van der Waals surface area contributed by atoms with Crippen LogP contribution in [0.4, 0.5) is 5.69 Å². The fourth-order valence-corrected chi connectivity index (χ4v) is 16.1. The van der Waals surface area contributed by atoms with Crippen LogP contribution in [-0.2, 0) is 60.4 Å². The van der Waals surface area contributed by atoms with Gasteiger partial charge in [-0.3, -0.25) is 24.1 Å². The number of para-hydroxylation sites is 1. The van der Waals surface area contributed by atoms with Crippen LogP contribution in [-0.4, -0.2) is 169 Å². The molecule has 4 N–H and O–H groups in total. The first-order chi connectivity index (χ1) is 36.3. The van der Waals surface area contributed by atoms with E-state index in [1.165, 1.54) is 21.1 Å². The summed E-state index contributed by atoms with van der Waals surface area (Å²) in [6.45, 7) is 12.1. The lowest BCUT2D eigenvalue weighted by Gasteiger charge is -2.63. The van der Waals surface area contributed by atoms with E-state index in [1.807, 2.05) is 68.3 Å². The van der Waals surface area contributed by atoms with Crippen LogP contribution in [0.25, 0.3) is 10.9 Å². The number of carboxylic acid groups (broad SMARTS) is 1. The van der Waals surface area contributed by atoms with Gasteiger partial charge in [-0.2, -0.15) is 0 Å². The quantitative estimate of drug-likeness (QED) is 0.0786. The van der Waals surface area contributed by atoms with Gasteiger partial charge in [-0.05, 0) is 74.3 Å². The van der Waals surface area contributed by atoms with Gasteiger partial charge in [0.05, 0.1) is 33.9 Å². The van der Waals surface area contributed by atoms with Crippen molar-refractivity contribution in [3.05, 3.63) is 82.6 Å². The highest BCUT2D eigenvalue weighted by molar-refractivity contribution is 5.95. The SMILES string of the molecule is CCC1=C[C@H]2C[C@](C(=O)OC)(c3cc4c(cc3OC)N(C)[C@H]3[C@@](O)(C(=O)OC)[C@H](OC(C)=O)[C@]5(CC)C=CCN6CC[C@]43[C@@H]65)c3[nH]c4ccccc4c3C[N@@+](CC(=O)N3CCC[C@H]3C(=O)N[C@H](C(=O)O)[C@@H](C)CC)(C1)C2.[Br-]. The first kappa shape index (κ1) is 56.0. The minimum absolute atomic E-state index is 0. The van der Waals surface area contributed by atoms with Crippen LogP contribution >= 0.6 is 0 Å². The number of likely N-dealkylation sites (N-methyl/N-ethyl adjacent to an activating group) is 1. The number of rotatable bonds is 14. The molecule has 6 aliphatic heterocycles. The number of halogens is 1. The van der Waals surface area contributed by atoms with E-state index >= 15 is 9.59 Å². The molecule has 3 fully saturated rings. The maximum absolute atomic E-state index is 15.8. The second-order valence-corrected chi connectivity index (χ2v) is 23.0. The van der Waals surface area contributed by atoms with E-state index in [2.05, 4.69) is 34.3 Å². The van der Waals surface area contributed by atoms with Crippen molar-refractivity contribution < 1.29 is 79.4 Å². The second kappa shape index (κ2) is 20.5. The topological polar surface area (TPSA) is 217 Å². The van der Waals surface area contributed by atoms with E-state index in [0.29, 0.717) is 105 Å². The summed E-state index contributed by atoms with van der Waals surface area (Å²) < 4.78 is 24.5. The number of fused-ring (bicyclic) bond motifs is 6. The van der Waals surface area contributed by atoms with Gasteiger partial charge in [-0.25, -0.2) is 9.59 Å². The molecule has 77 heavy (non-hydrogen) atoms. The van der Waals surface area contributed by atoms with Crippen molar-refractivity contribution in [1.82, 2.24) is 20.1 Å². The highest BCUT2D eigenvalue weighted by Crippen LogP contribution is 2.68. The predicted molar refractivity (Wildman–Crippen MR) is 281 cm³/mol. The molecule has 18 nitrogen and oxygen atoms in total. The Labute approximate surface area is 460 Å². The van der Waals surface area contributed by atoms with Crippen molar-refractivity contribution >= 4 is 52.3 Å². The van der Waals surface area contributed by atoms with Gasteiger partial charge in [0.25, 0.3) is 5.91 Å². The minimum atomic E-state index is -2.37. The number of hydrogen-bond acceptors (Lipinski definition) is 13. The number of aliphatic hydroxyl groups is 1. The summed E-state index contributed by atoms with van der Waals surface area (Å²) in [4.78, 5) is 94.6. The number of carbonyl (C=O) groups is 6. The molecule has 0 radical (unpaired) electrons. The molecular weight excluding hydrogens is 1050 g/mol. The number of ether oxygens (including phenoxy) is 4. The predicted octanol–water partition coefficient (Wildman–Crippen LogP) is 1.88. The third-order valence-corrected chi connectivity index (χ3v) is 19.2. The molecular formula is C58H75BrN6O12. The number of esters is 3. The smallest absolute Gasteiger partial charge is 0.344 e. The Morgan fingerprint density at radius 1 is 0.974 bits per heavy atom. The van der Waals surface area contributed by atoms with Gasteiger partial charge < -0.3 is 70.7 Å². The van der Waals surface area contributed by atoms with Crippen LogP contribution in [0, 0.1) is 17.3 Å². The number of anilines is 1. The number of H-pyrrole nitrogens is 1. The number of carboxylic acids is 1. The summed E-state index contributed by atoms with van der Waals surface area (Å²) >= 11 is 0. The molecule has 19 heteroatoms. The maximum atomic E-state index is 15.8. The summed E-state index contributed by atoms with van der Waals surface area (Å²) in [5.74, 6) is -4.05. The van der Waals surface area contributed by atoms with E-state index in [1.54, 1.807) is 18.9 Å². The lowest BCUT2D eigenvalue weighted by Crippen LogP contribution is -3.00. The van der Waals surface area contributed by atoms with Crippen molar-refractivity contribution in [3.8, 4) is 5.75 Å². The second-order valence-electron chi connectivity index (χ2n) is 23.0. The summed E-state index contributed by atoms with van der Waals surface area (Å²) in [5, 5.41) is 27.2. The molecule has 2 bridgehead atoms. The number of carbonyl (C=O) groups excluding carboxylic acids is 5. The van der Waals surface area contributed by atoms with Gasteiger partial charge in [0, 0.05) is 89.3 Å². The Kier molecular flexibility index (Phi) is 14.9. The Balaban J connectivity index is 0.00000722. The van der Waals surface area contributed by atoms with Gasteiger partial charge in [-0.1, -0.05) is 70.5 Å². The Morgan fingerprint density at radius 3 is 2.38 bits per heavy atom. The van der Waals surface area contributed by atoms with Crippen molar-refractivity contribution in [3.63, 3.8) is 0 Å². The number of amides is 2. The lowest BCUT2D eigenvalue weighted by molar-refractivity contribution is -0.934. The maximum Gasteiger partial charge on any atom is 0.344 e. The molecule has 2 aromatic carbocycles. The van der Waals surface area contributed by atoms with Crippen LogP contribution < -0.4 is 31.9 Å². The minimum Gasteiger partial charge on any atom is -1.00 e. The molecule has 7 heterocycles. The fourth-order valence-electron chi connectivity index (χ4n) is 16.1. The van der Waals surface area contributed by atoms with Crippen LogP contribution in [0.3, 0.4) is 0 Å². The van der Waals surface area contributed by atoms with E-state index < -0.39 is 75.9 Å². The Morgan fingerprint density at radius 2 is 1.71 bits per heavy atom. The van der Waals surface area contributed by atoms with Crippen LogP contribution in [0.5, 0.6) is 5.75 Å². The molecule has 2 amide bonds. The van der Waals surface area contributed by atoms with Crippen molar-refractivity contribution in [2.75, 3.05) is 72.5 Å². The summed E-state index contributed by atoms with van der Waals surface area (Å²) in [7, 11) is 6.04. The molecule has 416 valence electrons. The molecule has 10 rings (SSSR count). The standard InChI is InChI=1S/C58H74N6O12.BrH/c1-10-33(4)46(49(68)69)60-48(67)42-19-15-23-63(42)45(66)32-64-29-35(11-2)25-36(30-64)28-57(53(70)74-8,47-38(31-64)37-17-13-14-18-41(37)59-47)40-26-39-43(27-44(40)73-7)61(6)51-56(39)21-24-62-22-16-20-55(12-3,50(56)62)52(76-34(5)65)58(51,72)54(71)75-9;/h13-14,16-18,20,25-27,33,36,42,46,50-52,59,72H,10-12,15,19,21-24,28-32H2,1-9H3,(H-,60,67,68,69);1H/t33-,36-,42-,46-,50-,51+,52+,55+,56+,57-,58-,64+;/m0./s1. The van der Waals surface area contributed by atoms with Gasteiger partial charge >= 0.3 is 23.9 Å². The number of aromatic amines is 1. The first-order valence-electron chi connectivity index (χ1n) is 27.2. The molecule has 1 saturated carbocycles. The lowest BCUT2D eigenvalue weighted by atomic mass is 9.47. The number of aliphatic carboxylic acids is 1. The summed E-state index contributed by atoms with van der Waals surface area (Å²) in [6, 6.07) is 8.62. The molecule has 2 saturated heterocycles. The van der Waals surface area contributed by atoms with E-state index in [-0.39, 0.29) is 53.7 Å². The highest BCUT2D eigenvalue weighted by atomic mass is 79.9. The zero-order valence-electron chi connectivity index (χ0n) is 45.8. The Bertz CT molecular complexity index is 2960. The van der Waals surface area contributed by atoms with Gasteiger partial charge in [0.2, 0.25) is 11.5 Å². The average Bonchev–Trinajstić information content (AvgIpc) is 2.93. The molecule has 1 spiro atoms. The third kappa shape index (κ3) is 8.16. The first-order valence-corrected chi connectivity index (χ1v) is 27.2. The molecule has 12 atom stereocenters. The van der Waals surface area contributed by atoms with Gasteiger partial charge in [-0.15, -0.1) is 0 Å². The number of benzene rings is 2.